The van der Waals surface area contributed by atoms with Crippen LogP contribution in [-0.2, 0) is 4.79 Å². The van der Waals surface area contributed by atoms with Gasteiger partial charge in [0.2, 0.25) is 0 Å². The number of benzene rings is 1. The van der Waals surface area contributed by atoms with E-state index < -0.39 is 11.9 Å². The number of rotatable bonds is 2. The first-order valence-electron chi connectivity index (χ1n) is 4.01. The van der Waals surface area contributed by atoms with Gasteiger partial charge in [0.25, 0.3) is 0 Å². The fourth-order valence-corrected chi connectivity index (χ4v) is 1.09. The molecule has 1 aromatic carbocycles. The molecule has 0 atom stereocenters. The summed E-state index contributed by atoms with van der Waals surface area (Å²) in [4.78, 5) is 21.4. The van der Waals surface area contributed by atoms with Crippen molar-refractivity contribution in [1.29, 1.82) is 0 Å². The first-order valence-corrected chi connectivity index (χ1v) is 4.01. The molecule has 5 heteroatoms. The fourth-order valence-electron chi connectivity index (χ4n) is 1.09. The third-order valence-electron chi connectivity index (χ3n) is 1.68. The van der Waals surface area contributed by atoms with Gasteiger partial charge in [-0.15, -0.1) is 0 Å². The van der Waals surface area contributed by atoms with Crippen LogP contribution in [0.15, 0.2) is 18.2 Å². The molecule has 0 heterocycles. The standard InChI is InChI=1S/C10H10O4.Na/c1-6-4-3-5-8(10(12)13)9(6)14-7(2)11;/h3-5H,1-2H3,(H,12,13);/q;+1/p-1. The molecule has 0 aliphatic carbocycles. The number of carbonyl (C=O) groups excluding carboxylic acids is 2. The normalized spacial score (nSPS) is 8.93. The molecule has 0 amide bonds. The van der Waals surface area contributed by atoms with E-state index in [0.717, 1.165) is 0 Å². The molecule has 0 aliphatic heterocycles. The molecule has 0 bridgehead atoms. The van der Waals surface area contributed by atoms with Gasteiger partial charge < -0.3 is 14.6 Å². The predicted octanol–water partition coefficient (Wildman–Crippen LogP) is -2.71. The van der Waals surface area contributed by atoms with Crippen LogP contribution in [0, 0.1) is 6.92 Å². The molecule has 4 nitrogen and oxygen atoms in total. The maximum absolute atomic E-state index is 10.7. The van der Waals surface area contributed by atoms with Gasteiger partial charge in [-0.2, -0.15) is 0 Å². The third-order valence-corrected chi connectivity index (χ3v) is 1.68. The zero-order valence-electron chi connectivity index (χ0n) is 8.87. The zero-order valence-corrected chi connectivity index (χ0v) is 10.9. The van der Waals surface area contributed by atoms with Gasteiger partial charge >= 0.3 is 35.5 Å². The molecule has 15 heavy (non-hydrogen) atoms. The quantitative estimate of drug-likeness (QED) is 0.306. The maximum Gasteiger partial charge on any atom is 1.00 e. The van der Waals surface area contributed by atoms with Gasteiger partial charge in [0.05, 0.1) is 5.97 Å². The Kier molecular flexibility index (Phi) is 5.57. The Morgan fingerprint density at radius 2 is 1.93 bits per heavy atom. The maximum atomic E-state index is 10.7. The number of para-hydroxylation sites is 1. The minimum atomic E-state index is -1.36. The van der Waals surface area contributed by atoms with Crippen LogP contribution in [0.1, 0.15) is 22.8 Å². The number of aromatic carboxylic acids is 1. The minimum Gasteiger partial charge on any atom is -0.545 e. The van der Waals surface area contributed by atoms with Crippen LogP contribution in [0.2, 0.25) is 0 Å². The molecule has 0 spiro atoms. The van der Waals surface area contributed by atoms with Gasteiger partial charge in [-0.25, -0.2) is 0 Å². The van der Waals surface area contributed by atoms with Crippen molar-refractivity contribution < 1.29 is 49.0 Å². The number of hydrogen-bond donors (Lipinski definition) is 0. The summed E-state index contributed by atoms with van der Waals surface area (Å²) < 4.78 is 4.78. The molecular weight excluding hydrogens is 207 g/mol. The largest absolute Gasteiger partial charge is 1.00 e. The molecule has 0 radical (unpaired) electrons. The molecule has 1 aromatic rings. The third kappa shape index (κ3) is 3.66. The average Bonchev–Trinajstić information content (AvgIpc) is 2.07. The van der Waals surface area contributed by atoms with Crippen molar-refractivity contribution in [3.63, 3.8) is 0 Å². The molecule has 0 N–H and O–H groups in total. The monoisotopic (exact) mass is 216 g/mol. The Morgan fingerprint density at radius 1 is 1.33 bits per heavy atom. The van der Waals surface area contributed by atoms with Crippen molar-refractivity contribution in [2.45, 2.75) is 13.8 Å². The molecule has 0 unspecified atom stereocenters. The number of esters is 1. The van der Waals surface area contributed by atoms with E-state index in [1.165, 1.54) is 13.0 Å². The van der Waals surface area contributed by atoms with E-state index in [9.17, 15) is 14.7 Å². The number of aryl methyl sites for hydroxylation is 1. The number of ether oxygens (including phenoxy) is 1. The van der Waals surface area contributed by atoms with Crippen molar-refractivity contribution in [1.82, 2.24) is 0 Å². The second-order valence-electron chi connectivity index (χ2n) is 2.83. The summed E-state index contributed by atoms with van der Waals surface area (Å²) >= 11 is 0. The van der Waals surface area contributed by atoms with E-state index in [1.54, 1.807) is 19.1 Å². The van der Waals surface area contributed by atoms with Crippen molar-refractivity contribution in [2.24, 2.45) is 0 Å². The Morgan fingerprint density at radius 3 is 2.40 bits per heavy atom. The van der Waals surface area contributed by atoms with Gasteiger partial charge in [0, 0.05) is 12.5 Å². The SMILES string of the molecule is CC(=O)Oc1c(C)cccc1C(=O)[O-].[Na+]. The minimum absolute atomic E-state index is 0. The Bertz CT molecular complexity index is 387. The summed E-state index contributed by atoms with van der Waals surface area (Å²) in [5.41, 5.74) is 0.474. The molecule has 74 valence electrons. The van der Waals surface area contributed by atoms with Crippen LogP contribution in [-0.4, -0.2) is 11.9 Å². The number of carbonyl (C=O) groups is 2. The smallest absolute Gasteiger partial charge is 0.545 e. The Hall–Kier alpha value is -0.840. The second kappa shape index (κ2) is 5.90. The van der Waals surface area contributed by atoms with Gasteiger partial charge in [-0.3, -0.25) is 4.79 Å². The fraction of sp³-hybridized carbons (Fsp3) is 0.200. The zero-order chi connectivity index (χ0) is 10.7. The molecule has 1 rings (SSSR count). The van der Waals surface area contributed by atoms with E-state index in [-0.39, 0.29) is 40.9 Å². The van der Waals surface area contributed by atoms with Gasteiger partial charge in [-0.1, -0.05) is 12.1 Å². The summed E-state index contributed by atoms with van der Waals surface area (Å²) in [7, 11) is 0. The summed E-state index contributed by atoms with van der Waals surface area (Å²) in [6, 6.07) is 4.55. The van der Waals surface area contributed by atoms with Crippen LogP contribution in [0.3, 0.4) is 0 Å². The van der Waals surface area contributed by atoms with E-state index in [0.29, 0.717) is 5.56 Å². The Balaban J connectivity index is 0.00000196. The van der Waals surface area contributed by atoms with E-state index >= 15 is 0 Å². The van der Waals surface area contributed by atoms with Crippen molar-refractivity contribution in [3.8, 4) is 5.75 Å². The molecule has 0 fully saturated rings. The van der Waals surface area contributed by atoms with Gasteiger partial charge in [0.1, 0.15) is 5.75 Å². The van der Waals surface area contributed by atoms with Crippen LogP contribution in [0.5, 0.6) is 5.75 Å². The summed E-state index contributed by atoms with van der Waals surface area (Å²) in [5, 5.41) is 10.7. The van der Waals surface area contributed by atoms with Crippen molar-refractivity contribution in [2.75, 3.05) is 0 Å². The predicted molar refractivity (Wildman–Crippen MR) is 46.8 cm³/mol. The van der Waals surface area contributed by atoms with Crippen LogP contribution in [0.25, 0.3) is 0 Å². The Labute approximate surface area is 110 Å². The first kappa shape index (κ1) is 14.2. The van der Waals surface area contributed by atoms with E-state index in [1.807, 2.05) is 0 Å². The van der Waals surface area contributed by atoms with Crippen LogP contribution in [0.4, 0.5) is 0 Å². The van der Waals surface area contributed by atoms with E-state index in [2.05, 4.69) is 0 Å². The molecule has 0 saturated carbocycles. The first-order chi connectivity index (χ1) is 6.52. The summed E-state index contributed by atoms with van der Waals surface area (Å²) in [6.45, 7) is 2.87. The number of hydrogen-bond acceptors (Lipinski definition) is 4. The summed E-state index contributed by atoms with van der Waals surface area (Å²) in [5.74, 6) is -1.85. The molecular formula is C10H9NaO4. The van der Waals surface area contributed by atoms with Gasteiger partial charge in [-0.05, 0) is 18.6 Å². The number of carboxylic acid groups (broad SMARTS) is 1. The molecule has 0 aromatic heterocycles. The second-order valence-corrected chi connectivity index (χ2v) is 2.83. The van der Waals surface area contributed by atoms with E-state index in [4.69, 9.17) is 4.74 Å². The molecule has 0 saturated heterocycles. The summed E-state index contributed by atoms with van der Waals surface area (Å²) in [6.07, 6.45) is 0. The molecule has 0 aliphatic rings. The number of carboxylic acids is 1. The average molecular weight is 216 g/mol. The van der Waals surface area contributed by atoms with Crippen molar-refractivity contribution >= 4 is 11.9 Å². The van der Waals surface area contributed by atoms with Crippen LogP contribution < -0.4 is 39.4 Å². The van der Waals surface area contributed by atoms with Gasteiger partial charge in [0.15, 0.2) is 0 Å². The van der Waals surface area contributed by atoms with Crippen molar-refractivity contribution in [3.05, 3.63) is 29.3 Å². The van der Waals surface area contributed by atoms with Crippen LogP contribution >= 0.6 is 0 Å². The topological polar surface area (TPSA) is 66.4 Å².